The maximum absolute atomic E-state index is 11.3. The maximum atomic E-state index is 11.3. The summed E-state index contributed by atoms with van der Waals surface area (Å²) in [4.78, 5) is 33.8. The summed E-state index contributed by atoms with van der Waals surface area (Å²) in [6, 6.07) is -1.91. The number of carboxylic acid groups (broad SMARTS) is 2. The minimum Gasteiger partial charge on any atom is -0.480 e. The van der Waals surface area contributed by atoms with Crippen molar-refractivity contribution in [2.45, 2.75) is 31.3 Å². The normalized spacial score (nSPS) is 22.2. The van der Waals surface area contributed by atoms with Crippen LogP contribution in [0.4, 0.5) is 0 Å². The van der Waals surface area contributed by atoms with E-state index in [9.17, 15) is 14.4 Å². The lowest BCUT2D eigenvalue weighted by Gasteiger charge is -2.22. The number of aliphatic carboxylic acids is 2. The van der Waals surface area contributed by atoms with Crippen molar-refractivity contribution in [1.29, 1.82) is 0 Å². The number of likely N-dealkylation sites (tertiary alicyclic amines) is 1. The second-order valence-electron chi connectivity index (χ2n) is 3.71. The molecule has 90 valence electrons. The summed E-state index contributed by atoms with van der Waals surface area (Å²) in [5.41, 5.74) is 5.28. The molecule has 0 radical (unpaired) electrons. The van der Waals surface area contributed by atoms with Crippen LogP contribution in [0.2, 0.25) is 0 Å². The molecule has 0 bridgehead atoms. The minimum absolute atomic E-state index is 0.0604. The Labute approximate surface area is 91.8 Å². The van der Waals surface area contributed by atoms with Gasteiger partial charge < -0.3 is 20.8 Å². The van der Waals surface area contributed by atoms with E-state index in [0.29, 0.717) is 0 Å². The highest BCUT2D eigenvalue weighted by atomic mass is 16.4. The molecule has 1 saturated heterocycles. The average Bonchev–Trinajstić information content (AvgIpc) is 2.56. The average molecular weight is 230 g/mol. The number of carboxylic acids is 2. The van der Waals surface area contributed by atoms with E-state index in [2.05, 4.69) is 0 Å². The second kappa shape index (κ2) is 4.93. The molecule has 16 heavy (non-hydrogen) atoms. The lowest BCUT2D eigenvalue weighted by atomic mass is 10.2. The Morgan fingerprint density at radius 2 is 2.12 bits per heavy atom. The van der Waals surface area contributed by atoms with Gasteiger partial charge in [-0.25, -0.2) is 4.79 Å². The fourth-order valence-corrected chi connectivity index (χ4v) is 1.67. The van der Waals surface area contributed by atoms with Crippen molar-refractivity contribution in [1.82, 2.24) is 4.90 Å². The molecular formula is C9H14N2O5. The number of nitrogens with two attached hydrogens (primary N) is 1. The largest absolute Gasteiger partial charge is 0.480 e. The highest BCUT2D eigenvalue weighted by molar-refractivity contribution is 5.87. The van der Waals surface area contributed by atoms with Gasteiger partial charge in [0.15, 0.2) is 0 Å². The zero-order chi connectivity index (χ0) is 12.3. The minimum atomic E-state index is -1.15. The van der Waals surface area contributed by atoms with Gasteiger partial charge >= 0.3 is 11.9 Å². The van der Waals surface area contributed by atoms with E-state index < -0.39 is 24.0 Å². The van der Waals surface area contributed by atoms with Crippen molar-refractivity contribution in [2.24, 2.45) is 5.73 Å². The molecule has 0 aliphatic carbocycles. The van der Waals surface area contributed by atoms with Crippen molar-refractivity contribution in [2.75, 3.05) is 6.54 Å². The molecule has 0 aromatic heterocycles. The van der Waals surface area contributed by atoms with E-state index in [1.807, 2.05) is 0 Å². The smallest absolute Gasteiger partial charge is 0.326 e. The standard InChI is InChI=1S/C9H14N2O5/c10-5(8(13)14)3-4-11-6(9(15)16)1-2-7(11)12/h5-6H,1-4,10H2,(H,13,14)(H,15,16). The Morgan fingerprint density at radius 1 is 1.50 bits per heavy atom. The second-order valence-corrected chi connectivity index (χ2v) is 3.71. The zero-order valence-corrected chi connectivity index (χ0v) is 8.63. The molecule has 0 saturated carbocycles. The Balaban J connectivity index is 2.54. The van der Waals surface area contributed by atoms with Gasteiger partial charge in [0.25, 0.3) is 0 Å². The van der Waals surface area contributed by atoms with Crippen LogP contribution in [-0.2, 0) is 14.4 Å². The highest BCUT2D eigenvalue weighted by Crippen LogP contribution is 2.19. The van der Waals surface area contributed by atoms with Gasteiger partial charge in [0, 0.05) is 13.0 Å². The monoisotopic (exact) mass is 230 g/mol. The molecule has 0 aromatic rings. The molecule has 1 amide bonds. The summed E-state index contributed by atoms with van der Waals surface area (Å²) in [5, 5.41) is 17.4. The number of hydrogen-bond acceptors (Lipinski definition) is 4. The summed E-state index contributed by atoms with van der Waals surface area (Å²) >= 11 is 0. The molecule has 1 heterocycles. The van der Waals surface area contributed by atoms with E-state index in [1.54, 1.807) is 0 Å². The van der Waals surface area contributed by atoms with E-state index in [0.717, 1.165) is 0 Å². The van der Waals surface area contributed by atoms with Crippen molar-refractivity contribution in [3.05, 3.63) is 0 Å². The van der Waals surface area contributed by atoms with Gasteiger partial charge in [-0.2, -0.15) is 0 Å². The van der Waals surface area contributed by atoms with Gasteiger partial charge in [0.05, 0.1) is 0 Å². The quantitative estimate of drug-likeness (QED) is 0.549. The van der Waals surface area contributed by atoms with Crippen LogP contribution < -0.4 is 5.73 Å². The predicted molar refractivity (Wildman–Crippen MR) is 52.6 cm³/mol. The third-order valence-electron chi connectivity index (χ3n) is 2.61. The Bertz CT molecular complexity index is 317. The molecule has 1 aliphatic heterocycles. The molecule has 0 spiro atoms. The van der Waals surface area contributed by atoms with E-state index in [-0.39, 0.29) is 31.7 Å². The summed E-state index contributed by atoms with van der Waals surface area (Å²) in [5.74, 6) is -2.47. The van der Waals surface area contributed by atoms with Crippen molar-refractivity contribution >= 4 is 17.8 Å². The predicted octanol–water partition coefficient (Wildman–Crippen LogP) is -1.14. The highest BCUT2D eigenvalue weighted by Gasteiger charge is 2.35. The molecule has 2 atom stereocenters. The molecular weight excluding hydrogens is 216 g/mol. The van der Waals surface area contributed by atoms with E-state index in [1.165, 1.54) is 4.90 Å². The van der Waals surface area contributed by atoms with Crippen molar-refractivity contribution in [3.63, 3.8) is 0 Å². The molecule has 1 rings (SSSR count). The van der Waals surface area contributed by atoms with Crippen LogP contribution in [0, 0.1) is 0 Å². The molecule has 7 heteroatoms. The number of hydrogen-bond donors (Lipinski definition) is 3. The topological polar surface area (TPSA) is 121 Å². The van der Waals surface area contributed by atoms with E-state index in [4.69, 9.17) is 15.9 Å². The molecule has 2 unspecified atom stereocenters. The number of carbonyl (C=O) groups excluding carboxylic acids is 1. The number of nitrogens with zero attached hydrogens (tertiary/aromatic N) is 1. The lowest BCUT2D eigenvalue weighted by molar-refractivity contribution is -0.146. The fourth-order valence-electron chi connectivity index (χ4n) is 1.67. The van der Waals surface area contributed by atoms with Crippen LogP contribution in [0.3, 0.4) is 0 Å². The van der Waals surface area contributed by atoms with Crippen molar-refractivity contribution < 1.29 is 24.6 Å². The fraction of sp³-hybridized carbons (Fsp3) is 0.667. The first-order valence-corrected chi connectivity index (χ1v) is 4.94. The Kier molecular flexibility index (Phi) is 3.83. The molecule has 4 N–H and O–H groups in total. The number of amides is 1. The first-order valence-electron chi connectivity index (χ1n) is 4.94. The summed E-state index contributed by atoms with van der Waals surface area (Å²) < 4.78 is 0. The Hall–Kier alpha value is -1.63. The van der Waals surface area contributed by atoms with Gasteiger partial charge in [-0.15, -0.1) is 0 Å². The van der Waals surface area contributed by atoms with Gasteiger partial charge in [0.1, 0.15) is 12.1 Å². The number of carbonyl (C=O) groups is 3. The van der Waals surface area contributed by atoms with Crippen LogP contribution in [0.1, 0.15) is 19.3 Å². The molecule has 1 fully saturated rings. The van der Waals surface area contributed by atoms with Gasteiger partial charge in [0.2, 0.25) is 5.91 Å². The SMILES string of the molecule is NC(CCN1C(=O)CCC1C(=O)O)C(=O)O. The molecule has 7 nitrogen and oxygen atoms in total. The zero-order valence-electron chi connectivity index (χ0n) is 8.63. The third kappa shape index (κ3) is 2.69. The van der Waals surface area contributed by atoms with Crippen LogP contribution in [0.5, 0.6) is 0 Å². The summed E-state index contributed by atoms with van der Waals surface area (Å²) in [6.07, 6.45) is 0.528. The first kappa shape index (κ1) is 12.4. The lowest BCUT2D eigenvalue weighted by Crippen LogP contribution is -2.42. The van der Waals surface area contributed by atoms with Crippen LogP contribution in [0.15, 0.2) is 0 Å². The first-order chi connectivity index (χ1) is 7.43. The maximum Gasteiger partial charge on any atom is 0.326 e. The van der Waals surface area contributed by atoms with Gasteiger partial charge in [-0.05, 0) is 12.8 Å². The third-order valence-corrected chi connectivity index (χ3v) is 2.61. The molecule has 1 aliphatic rings. The van der Waals surface area contributed by atoms with Crippen LogP contribution in [0.25, 0.3) is 0 Å². The van der Waals surface area contributed by atoms with Gasteiger partial charge in [-0.1, -0.05) is 0 Å². The molecule has 0 aromatic carbocycles. The summed E-state index contributed by atoms with van der Waals surface area (Å²) in [7, 11) is 0. The number of rotatable bonds is 5. The Morgan fingerprint density at radius 3 is 2.62 bits per heavy atom. The van der Waals surface area contributed by atoms with Gasteiger partial charge in [-0.3, -0.25) is 9.59 Å². The van der Waals surface area contributed by atoms with Crippen LogP contribution >= 0.6 is 0 Å². The summed E-state index contributed by atoms with van der Waals surface area (Å²) in [6.45, 7) is 0.0727. The van der Waals surface area contributed by atoms with Crippen LogP contribution in [-0.4, -0.2) is 51.6 Å². The van der Waals surface area contributed by atoms with Crippen molar-refractivity contribution in [3.8, 4) is 0 Å². The van der Waals surface area contributed by atoms with E-state index >= 15 is 0 Å².